The zero-order chi connectivity index (χ0) is 19.9. The standard InChI is InChI=1S/C21H27Cl2N3O2/c1-20(3-2-4-20)25-18(27)11-26-12-21(13-26)8-14(9-21)10-24-19(28)15-5-16(22)7-17(23)6-15/h5-7,14H,2-4,8-13H2,1H3,(H,24,28)(H,25,27). The van der Waals surface area contributed by atoms with E-state index in [-0.39, 0.29) is 17.4 Å². The molecule has 3 aliphatic rings. The van der Waals surface area contributed by atoms with Gasteiger partial charge in [0.25, 0.3) is 5.91 Å². The van der Waals surface area contributed by atoms with Gasteiger partial charge in [0.05, 0.1) is 6.54 Å². The Bertz CT molecular complexity index is 760. The predicted molar refractivity (Wildman–Crippen MR) is 111 cm³/mol. The van der Waals surface area contributed by atoms with Crippen molar-refractivity contribution in [2.75, 3.05) is 26.2 Å². The molecule has 0 radical (unpaired) electrons. The molecule has 3 fully saturated rings. The van der Waals surface area contributed by atoms with Gasteiger partial charge in [-0.2, -0.15) is 0 Å². The molecule has 0 atom stereocenters. The average Bonchev–Trinajstić information content (AvgIpc) is 2.52. The number of nitrogens with one attached hydrogen (secondary N) is 2. The maximum absolute atomic E-state index is 12.3. The van der Waals surface area contributed by atoms with E-state index in [0.717, 1.165) is 38.8 Å². The van der Waals surface area contributed by atoms with E-state index >= 15 is 0 Å². The molecule has 2 amide bonds. The second kappa shape index (κ2) is 7.51. The van der Waals surface area contributed by atoms with Gasteiger partial charge >= 0.3 is 0 Å². The number of hydrogen-bond donors (Lipinski definition) is 2. The van der Waals surface area contributed by atoms with Gasteiger partial charge in [0.1, 0.15) is 0 Å². The smallest absolute Gasteiger partial charge is 0.251 e. The van der Waals surface area contributed by atoms with Crippen LogP contribution in [0.2, 0.25) is 10.0 Å². The number of rotatable bonds is 6. The quantitative estimate of drug-likeness (QED) is 0.735. The highest BCUT2D eigenvalue weighted by molar-refractivity contribution is 6.35. The van der Waals surface area contributed by atoms with Crippen molar-refractivity contribution in [1.82, 2.24) is 15.5 Å². The summed E-state index contributed by atoms with van der Waals surface area (Å²) < 4.78 is 0. The third-order valence-electron chi connectivity index (χ3n) is 6.50. The molecule has 2 N–H and O–H groups in total. The minimum Gasteiger partial charge on any atom is -0.352 e. The molecule has 7 heteroatoms. The lowest BCUT2D eigenvalue weighted by Crippen LogP contribution is -2.65. The van der Waals surface area contributed by atoms with Crippen LogP contribution in [0.3, 0.4) is 0 Å². The summed E-state index contributed by atoms with van der Waals surface area (Å²) in [4.78, 5) is 26.7. The van der Waals surface area contributed by atoms with Crippen LogP contribution in [0.25, 0.3) is 0 Å². The summed E-state index contributed by atoms with van der Waals surface area (Å²) in [5, 5.41) is 7.09. The van der Waals surface area contributed by atoms with E-state index in [1.807, 2.05) is 0 Å². The summed E-state index contributed by atoms with van der Waals surface area (Å²) in [5.41, 5.74) is 0.884. The van der Waals surface area contributed by atoms with Gasteiger partial charge in [-0.25, -0.2) is 0 Å². The summed E-state index contributed by atoms with van der Waals surface area (Å²) in [6.45, 7) is 5.29. The third kappa shape index (κ3) is 4.32. The first-order valence-electron chi connectivity index (χ1n) is 10.0. The van der Waals surface area contributed by atoms with Gasteiger partial charge in [-0.05, 0) is 68.6 Å². The van der Waals surface area contributed by atoms with E-state index in [1.54, 1.807) is 18.2 Å². The van der Waals surface area contributed by atoms with Gasteiger partial charge in [0, 0.05) is 40.8 Å². The first kappa shape index (κ1) is 20.0. The van der Waals surface area contributed by atoms with Crippen molar-refractivity contribution in [3.8, 4) is 0 Å². The molecule has 1 aromatic rings. The molecule has 1 aliphatic heterocycles. The Morgan fingerprint density at radius 1 is 1.14 bits per heavy atom. The van der Waals surface area contributed by atoms with Crippen molar-refractivity contribution in [3.63, 3.8) is 0 Å². The van der Waals surface area contributed by atoms with Crippen LogP contribution in [0, 0.1) is 11.3 Å². The van der Waals surface area contributed by atoms with Gasteiger partial charge in [0.15, 0.2) is 0 Å². The summed E-state index contributed by atoms with van der Waals surface area (Å²) in [5.74, 6) is 0.519. The molecule has 4 rings (SSSR count). The third-order valence-corrected chi connectivity index (χ3v) is 6.94. The van der Waals surface area contributed by atoms with Gasteiger partial charge in [-0.3, -0.25) is 14.5 Å². The molecule has 0 unspecified atom stereocenters. The second-order valence-electron chi connectivity index (χ2n) is 9.25. The topological polar surface area (TPSA) is 61.4 Å². The molecule has 0 aromatic heterocycles. The number of carbonyl (C=O) groups excluding carboxylic acids is 2. The number of carbonyl (C=O) groups is 2. The number of nitrogens with zero attached hydrogens (tertiary/aromatic N) is 1. The fourth-order valence-electron chi connectivity index (χ4n) is 5.02. The van der Waals surface area contributed by atoms with E-state index in [0.29, 0.717) is 40.0 Å². The number of halogens is 2. The molecule has 2 saturated carbocycles. The lowest BCUT2D eigenvalue weighted by Gasteiger charge is -2.59. The van der Waals surface area contributed by atoms with Gasteiger partial charge in [0.2, 0.25) is 5.91 Å². The van der Waals surface area contributed by atoms with Crippen molar-refractivity contribution >= 4 is 35.0 Å². The maximum Gasteiger partial charge on any atom is 0.251 e. The average molecular weight is 424 g/mol. The number of benzene rings is 1. The lowest BCUT2D eigenvalue weighted by atomic mass is 9.57. The first-order valence-corrected chi connectivity index (χ1v) is 10.8. The van der Waals surface area contributed by atoms with E-state index in [4.69, 9.17) is 23.2 Å². The Morgan fingerprint density at radius 2 is 1.79 bits per heavy atom. The van der Waals surface area contributed by atoms with E-state index in [2.05, 4.69) is 22.5 Å². The highest BCUT2D eigenvalue weighted by Gasteiger charge is 2.52. The Balaban J connectivity index is 1.15. The molecule has 28 heavy (non-hydrogen) atoms. The van der Waals surface area contributed by atoms with Gasteiger partial charge in [-0.15, -0.1) is 0 Å². The van der Waals surface area contributed by atoms with Crippen molar-refractivity contribution in [1.29, 1.82) is 0 Å². The normalized spacial score (nSPS) is 22.7. The van der Waals surface area contributed by atoms with Crippen LogP contribution in [0.15, 0.2) is 18.2 Å². The molecular weight excluding hydrogens is 397 g/mol. The second-order valence-corrected chi connectivity index (χ2v) is 10.1. The van der Waals surface area contributed by atoms with Crippen LogP contribution in [-0.2, 0) is 4.79 Å². The van der Waals surface area contributed by atoms with Crippen LogP contribution in [0.5, 0.6) is 0 Å². The molecule has 1 saturated heterocycles. The molecule has 2 aliphatic carbocycles. The summed E-state index contributed by atoms with van der Waals surface area (Å²) >= 11 is 11.9. The Morgan fingerprint density at radius 3 is 2.36 bits per heavy atom. The largest absolute Gasteiger partial charge is 0.352 e. The molecule has 152 valence electrons. The molecule has 1 spiro atoms. The summed E-state index contributed by atoms with van der Waals surface area (Å²) in [6.07, 6.45) is 5.62. The molecule has 5 nitrogen and oxygen atoms in total. The van der Waals surface area contributed by atoms with Crippen molar-refractivity contribution < 1.29 is 9.59 Å². The van der Waals surface area contributed by atoms with Gasteiger partial charge in [-0.1, -0.05) is 23.2 Å². The number of amides is 2. The minimum absolute atomic E-state index is 0.0343. The number of hydrogen-bond acceptors (Lipinski definition) is 3. The zero-order valence-electron chi connectivity index (χ0n) is 16.2. The lowest BCUT2D eigenvalue weighted by molar-refractivity contribution is -0.134. The fourth-order valence-corrected chi connectivity index (χ4v) is 5.54. The molecular formula is C21H27Cl2N3O2. The molecule has 1 aromatic carbocycles. The Hall–Kier alpha value is -1.30. The Labute approximate surface area is 176 Å². The van der Waals surface area contributed by atoms with E-state index in [9.17, 15) is 9.59 Å². The van der Waals surface area contributed by atoms with Crippen molar-refractivity contribution in [2.45, 2.75) is 44.6 Å². The first-order chi connectivity index (χ1) is 13.2. The van der Waals surface area contributed by atoms with Gasteiger partial charge < -0.3 is 10.6 Å². The SMILES string of the molecule is CC1(NC(=O)CN2CC3(CC(CNC(=O)c4cc(Cl)cc(Cl)c4)C3)C2)CCC1. The van der Waals surface area contributed by atoms with Crippen molar-refractivity contribution in [2.24, 2.45) is 11.3 Å². The summed E-state index contributed by atoms with van der Waals surface area (Å²) in [6, 6.07) is 4.87. The number of likely N-dealkylation sites (tertiary alicyclic amines) is 1. The monoisotopic (exact) mass is 423 g/mol. The predicted octanol–water partition coefficient (Wildman–Crippen LogP) is 3.49. The zero-order valence-corrected chi connectivity index (χ0v) is 17.7. The van der Waals surface area contributed by atoms with Crippen LogP contribution >= 0.6 is 23.2 Å². The van der Waals surface area contributed by atoms with Crippen LogP contribution in [0.1, 0.15) is 49.4 Å². The highest BCUT2D eigenvalue weighted by atomic mass is 35.5. The van der Waals surface area contributed by atoms with Crippen LogP contribution in [-0.4, -0.2) is 48.4 Å². The van der Waals surface area contributed by atoms with Crippen LogP contribution < -0.4 is 10.6 Å². The Kier molecular flexibility index (Phi) is 5.36. The van der Waals surface area contributed by atoms with Crippen molar-refractivity contribution in [3.05, 3.63) is 33.8 Å². The maximum atomic E-state index is 12.3. The minimum atomic E-state index is -0.137. The highest BCUT2D eigenvalue weighted by Crippen LogP contribution is 2.51. The fraction of sp³-hybridized carbons (Fsp3) is 0.619. The van der Waals surface area contributed by atoms with E-state index < -0.39 is 0 Å². The molecule has 0 bridgehead atoms. The van der Waals surface area contributed by atoms with E-state index in [1.165, 1.54) is 6.42 Å². The van der Waals surface area contributed by atoms with Crippen LogP contribution in [0.4, 0.5) is 0 Å². The molecule has 1 heterocycles. The summed E-state index contributed by atoms with van der Waals surface area (Å²) in [7, 11) is 0.